The fraction of sp³-hybridized carbons (Fsp3) is 0.722. The third-order valence-electron chi connectivity index (χ3n) is 4.42. The van der Waals surface area contributed by atoms with E-state index in [-0.39, 0.29) is 24.7 Å². The molecule has 0 saturated heterocycles. The second kappa shape index (κ2) is 11.3. The Morgan fingerprint density at radius 1 is 1.43 bits per heavy atom. The Kier molecular flexibility index (Phi) is 9.40. The van der Waals surface area contributed by atoms with E-state index in [1.807, 2.05) is 32.9 Å². The molecule has 0 aromatic carbocycles. The molecule has 0 aromatic heterocycles. The van der Waals surface area contributed by atoms with Crippen molar-refractivity contribution in [3.63, 3.8) is 0 Å². The maximum atomic E-state index is 12.9. The number of rotatable bonds is 11. The van der Waals surface area contributed by atoms with Crippen molar-refractivity contribution >= 4 is 17.8 Å². The summed E-state index contributed by atoms with van der Waals surface area (Å²) in [6.45, 7) is 6.29. The quantitative estimate of drug-likeness (QED) is 0.135. The molecule has 0 radical (unpaired) electrons. The van der Waals surface area contributed by atoms with Gasteiger partial charge in [0.25, 0.3) is 11.9 Å². The molecule has 10 heteroatoms. The van der Waals surface area contributed by atoms with E-state index in [2.05, 4.69) is 15.6 Å². The van der Waals surface area contributed by atoms with Gasteiger partial charge >= 0.3 is 0 Å². The molecule has 158 valence electrons. The lowest BCUT2D eigenvalue weighted by Gasteiger charge is -2.30. The maximum Gasteiger partial charge on any atom is 0.268 e. The Labute approximate surface area is 165 Å². The lowest BCUT2D eigenvalue weighted by atomic mass is 10.00. The molecule has 1 rings (SSSR count). The number of hydrazine groups is 1. The van der Waals surface area contributed by atoms with E-state index in [1.165, 1.54) is 0 Å². The van der Waals surface area contributed by atoms with Gasteiger partial charge in [0.05, 0.1) is 0 Å². The molecule has 10 nitrogen and oxygen atoms in total. The van der Waals surface area contributed by atoms with E-state index in [0.717, 1.165) is 19.3 Å². The van der Waals surface area contributed by atoms with Crippen molar-refractivity contribution in [2.45, 2.75) is 65.0 Å². The second-order valence-electron chi connectivity index (χ2n) is 7.43. The van der Waals surface area contributed by atoms with Gasteiger partial charge in [0, 0.05) is 19.4 Å². The van der Waals surface area contributed by atoms with Gasteiger partial charge < -0.3 is 16.4 Å². The molecule has 0 heterocycles. The van der Waals surface area contributed by atoms with Crippen molar-refractivity contribution in [1.29, 1.82) is 0 Å². The van der Waals surface area contributed by atoms with Crippen molar-refractivity contribution in [3.8, 4) is 0 Å². The molecular formula is C18H32N6O4. The summed E-state index contributed by atoms with van der Waals surface area (Å²) in [6.07, 6.45) is 7.45. The van der Waals surface area contributed by atoms with Crippen molar-refractivity contribution < 1.29 is 14.6 Å². The molecule has 0 spiro atoms. The highest BCUT2D eigenvalue weighted by Gasteiger charge is 2.40. The summed E-state index contributed by atoms with van der Waals surface area (Å²) in [4.78, 5) is 40.2. The van der Waals surface area contributed by atoms with Crippen LogP contribution in [0, 0.1) is 22.0 Å². The Balaban J connectivity index is 3.04. The van der Waals surface area contributed by atoms with Crippen molar-refractivity contribution in [2.24, 2.45) is 22.6 Å². The van der Waals surface area contributed by atoms with Crippen LogP contribution in [0.2, 0.25) is 0 Å². The SMILES string of the molecule is CCC[C@](N=C(N)N[N+](=O)[O-])(NC(=O)C[C@@H]1C=CCC1)C(=O)NCCC(C)C. The van der Waals surface area contributed by atoms with Gasteiger partial charge in [-0.1, -0.05) is 44.8 Å². The predicted octanol–water partition coefficient (Wildman–Crippen LogP) is 1.21. The van der Waals surface area contributed by atoms with Gasteiger partial charge in [-0.15, -0.1) is 0 Å². The molecule has 2 atom stereocenters. The molecule has 0 aromatic rings. The minimum atomic E-state index is -1.70. The number of nitrogens with one attached hydrogen (secondary N) is 3. The molecule has 5 N–H and O–H groups in total. The number of amides is 2. The van der Waals surface area contributed by atoms with Gasteiger partial charge in [-0.25, -0.2) is 15.1 Å². The average Bonchev–Trinajstić information content (AvgIpc) is 3.06. The number of nitrogens with zero attached hydrogens (tertiary/aromatic N) is 2. The Morgan fingerprint density at radius 2 is 2.14 bits per heavy atom. The number of nitrogens with two attached hydrogens (primary N) is 1. The number of guanidine groups is 1. The van der Waals surface area contributed by atoms with E-state index >= 15 is 0 Å². The van der Waals surface area contributed by atoms with Crippen LogP contribution >= 0.6 is 0 Å². The largest absolute Gasteiger partial charge is 0.365 e. The summed E-state index contributed by atoms with van der Waals surface area (Å²) in [5, 5.41) is 15.3. The summed E-state index contributed by atoms with van der Waals surface area (Å²) in [5.74, 6) is -0.922. The number of nitro groups is 1. The zero-order valence-electron chi connectivity index (χ0n) is 16.9. The third kappa shape index (κ3) is 7.93. The summed E-state index contributed by atoms with van der Waals surface area (Å²) < 4.78 is 0. The van der Waals surface area contributed by atoms with E-state index in [0.29, 0.717) is 18.9 Å². The first-order valence-corrected chi connectivity index (χ1v) is 9.71. The molecular weight excluding hydrogens is 364 g/mol. The van der Waals surface area contributed by atoms with Gasteiger partial charge in [-0.2, -0.15) is 0 Å². The highest BCUT2D eigenvalue weighted by atomic mass is 16.7. The van der Waals surface area contributed by atoms with Gasteiger partial charge in [0.1, 0.15) is 0 Å². The van der Waals surface area contributed by atoms with Crippen molar-refractivity contribution in [1.82, 2.24) is 16.1 Å². The molecule has 0 fully saturated rings. The summed E-state index contributed by atoms with van der Waals surface area (Å²) in [7, 11) is 0. The number of aliphatic imine (C=N–C) groups is 1. The molecule has 1 aliphatic carbocycles. The lowest BCUT2D eigenvalue weighted by Crippen LogP contribution is -2.59. The Hall–Kier alpha value is -2.65. The van der Waals surface area contributed by atoms with Crippen LogP contribution in [0.5, 0.6) is 0 Å². The fourth-order valence-electron chi connectivity index (χ4n) is 3.06. The molecule has 0 bridgehead atoms. The average molecular weight is 396 g/mol. The van der Waals surface area contributed by atoms with Crippen LogP contribution in [0.3, 0.4) is 0 Å². The molecule has 0 aliphatic heterocycles. The number of carbonyl (C=O) groups is 2. The van der Waals surface area contributed by atoms with Crippen molar-refractivity contribution in [3.05, 3.63) is 22.3 Å². The standard InChI is InChI=1S/C18H32N6O4/c1-4-10-18(22-17(19)23-24(27)28,16(26)20-11-9-13(2)3)21-15(25)12-14-7-5-6-8-14/h5,7,13-14H,4,6,8-12H2,1-3H3,(H,20,26)(H,21,25)(H3,19,22,23)/t14-,18-/m1/s1. The summed E-state index contributed by atoms with van der Waals surface area (Å²) in [5.41, 5.74) is 5.64. The van der Waals surface area contributed by atoms with E-state index in [4.69, 9.17) is 5.73 Å². The predicted molar refractivity (Wildman–Crippen MR) is 106 cm³/mol. The second-order valence-corrected chi connectivity index (χ2v) is 7.43. The van der Waals surface area contributed by atoms with E-state index in [9.17, 15) is 19.7 Å². The first-order valence-electron chi connectivity index (χ1n) is 9.71. The normalized spacial score (nSPS) is 18.6. The van der Waals surface area contributed by atoms with Crippen LogP contribution in [0.25, 0.3) is 0 Å². The Bertz CT molecular complexity index is 619. The smallest absolute Gasteiger partial charge is 0.268 e. The van der Waals surface area contributed by atoms with Gasteiger partial charge in [-0.3, -0.25) is 9.59 Å². The lowest BCUT2D eigenvalue weighted by molar-refractivity contribution is -0.525. The van der Waals surface area contributed by atoms with E-state index in [1.54, 1.807) is 5.43 Å². The van der Waals surface area contributed by atoms with Crippen LogP contribution in [0.15, 0.2) is 17.1 Å². The van der Waals surface area contributed by atoms with Crippen LogP contribution in [-0.4, -0.2) is 35.0 Å². The van der Waals surface area contributed by atoms with Crippen LogP contribution in [0.1, 0.15) is 59.3 Å². The van der Waals surface area contributed by atoms with Gasteiger partial charge in [-0.05, 0) is 31.1 Å². The summed E-state index contributed by atoms with van der Waals surface area (Å²) >= 11 is 0. The monoisotopic (exact) mass is 396 g/mol. The minimum Gasteiger partial charge on any atom is -0.365 e. The molecule has 0 saturated carbocycles. The molecule has 1 aliphatic rings. The third-order valence-corrected chi connectivity index (χ3v) is 4.42. The highest BCUT2D eigenvalue weighted by molar-refractivity contribution is 5.93. The van der Waals surface area contributed by atoms with Gasteiger partial charge in [0.15, 0.2) is 5.03 Å². The molecule has 28 heavy (non-hydrogen) atoms. The topological polar surface area (TPSA) is 152 Å². The molecule has 0 unspecified atom stereocenters. The number of allylic oxidation sites excluding steroid dienone is 2. The van der Waals surface area contributed by atoms with E-state index < -0.39 is 22.6 Å². The van der Waals surface area contributed by atoms with Crippen LogP contribution < -0.4 is 21.8 Å². The molecule has 2 amide bonds. The number of carbonyl (C=O) groups excluding carboxylic acids is 2. The van der Waals surface area contributed by atoms with Crippen molar-refractivity contribution in [2.75, 3.05) is 6.54 Å². The number of hydrogen-bond donors (Lipinski definition) is 4. The first-order chi connectivity index (χ1) is 13.2. The highest BCUT2D eigenvalue weighted by Crippen LogP contribution is 2.22. The van der Waals surface area contributed by atoms with Crippen LogP contribution in [0.4, 0.5) is 0 Å². The first kappa shape index (κ1) is 23.4. The van der Waals surface area contributed by atoms with Crippen LogP contribution in [-0.2, 0) is 9.59 Å². The zero-order chi connectivity index (χ0) is 21.2. The fourth-order valence-corrected chi connectivity index (χ4v) is 3.06. The number of hydrogen-bond acceptors (Lipinski definition) is 5. The minimum absolute atomic E-state index is 0.113. The summed E-state index contributed by atoms with van der Waals surface area (Å²) in [6, 6.07) is 0. The maximum absolute atomic E-state index is 12.9. The Morgan fingerprint density at radius 3 is 2.68 bits per heavy atom. The van der Waals surface area contributed by atoms with Gasteiger partial charge in [0.2, 0.25) is 11.6 Å². The zero-order valence-corrected chi connectivity index (χ0v) is 16.9.